The molecule has 0 aliphatic carbocycles. The van der Waals surface area contributed by atoms with Crippen LogP contribution >= 0.6 is 0 Å². The zero-order valence-electron chi connectivity index (χ0n) is 19.3. The molecule has 37 heavy (non-hydrogen) atoms. The number of carboxylic acids is 2. The molecule has 2 bridgehead atoms. The summed E-state index contributed by atoms with van der Waals surface area (Å²) in [5.74, 6) is -4.57. The van der Waals surface area contributed by atoms with Crippen molar-refractivity contribution in [3.8, 4) is 11.4 Å². The van der Waals surface area contributed by atoms with Crippen molar-refractivity contribution < 1.29 is 37.8 Å². The van der Waals surface area contributed by atoms with E-state index in [1.807, 2.05) is 6.92 Å². The summed E-state index contributed by atoms with van der Waals surface area (Å²) in [4.78, 5) is 54.5. The lowest BCUT2D eigenvalue weighted by atomic mass is 10.0. The molecule has 1 unspecified atom stereocenters. The number of hydrogen-bond donors (Lipinski definition) is 3. The van der Waals surface area contributed by atoms with E-state index in [4.69, 9.17) is 9.90 Å². The van der Waals surface area contributed by atoms with Gasteiger partial charge >= 0.3 is 18.1 Å². The number of hydrogen-bond acceptors (Lipinski definition) is 7. The van der Waals surface area contributed by atoms with Crippen LogP contribution in [0.15, 0.2) is 41.7 Å². The number of aryl methyl sites for hydroxylation is 1. The number of nitrogens with one attached hydrogen (secondary N) is 1. The molecule has 1 aliphatic rings. The number of carboxylic acid groups (broad SMARTS) is 2. The Bertz CT molecular complexity index is 1380. The van der Waals surface area contributed by atoms with Crippen LogP contribution in [0.25, 0.3) is 11.4 Å². The first-order valence-electron chi connectivity index (χ1n) is 10.9. The van der Waals surface area contributed by atoms with Gasteiger partial charge in [-0.3, -0.25) is 19.1 Å². The molecule has 3 aromatic heterocycles. The number of aliphatic carboxylic acids is 1. The van der Waals surface area contributed by atoms with E-state index in [1.165, 1.54) is 23.3 Å². The number of halogens is 3. The highest BCUT2D eigenvalue weighted by atomic mass is 19.4. The number of anilines is 1. The van der Waals surface area contributed by atoms with Gasteiger partial charge in [0.1, 0.15) is 12.0 Å². The largest absolute Gasteiger partial charge is 0.490 e. The van der Waals surface area contributed by atoms with Gasteiger partial charge in [-0.1, -0.05) is 13.3 Å². The molecule has 1 amide bonds. The van der Waals surface area contributed by atoms with Crippen molar-refractivity contribution in [3.63, 3.8) is 0 Å². The van der Waals surface area contributed by atoms with Crippen molar-refractivity contribution in [2.75, 3.05) is 5.32 Å². The summed E-state index contributed by atoms with van der Waals surface area (Å²) in [5.41, 5.74) is 0.463. The summed E-state index contributed by atoms with van der Waals surface area (Å²) in [6, 6.07) is 4.68. The molecule has 3 aromatic rings. The topological polar surface area (TPSA) is 169 Å². The van der Waals surface area contributed by atoms with E-state index in [2.05, 4.69) is 20.4 Å². The van der Waals surface area contributed by atoms with E-state index in [-0.39, 0.29) is 29.0 Å². The van der Waals surface area contributed by atoms with E-state index in [1.54, 1.807) is 18.3 Å². The van der Waals surface area contributed by atoms with Crippen LogP contribution < -0.4 is 10.9 Å². The van der Waals surface area contributed by atoms with Crippen LogP contribution in [0.1, 0.15) is 42.4 Å². The monoisotopic (exact) mass is 522 g/mol. The summed E-state index contributed by atoms with van der Waals surface area (Å²) >= 11 is 0. The molecule has 1 atom stereocenters. The molecule has 4 rings (SSSR count). The predicted molar refractivity (Wildman–Crippen MR) is 121 cm³/mol. The van der Waals surface area contributed by atoms with Gasteiger partial charge < -0.3 is 15.5 Å². The van der Waals surface area contributed by atoms with Crippen LogP contribution in [-0.4, -0.2) is 58.6 Å². The second-order valence-electron chi connectivity index (χ2n) is 8.00. The maximum Gasteiger partial charge on any atom is 0.490 e. The molecule has 0 radical (unpaired) electrons. The summed E-state index contributed by atoms with van der Waals surface area (Å²) in [5, 5.41) is 23.9. The molecule has 15 heteroatoms. The number of pyridine rings is 1. The third-order valence-electron chi connectivity index (χ3n) is 5.32. The van der Waals surface area contributed by atoms with E-state index in [0.717, 1.165) is 29.5 Å². The molecule has 12 nitrogen and oxygen atoms in total. The first-order valence-corrected chi connectivity index (χ1v) is 10.9. The van der Waals surface area contributed by atoms with Crippen molar-refractivity contribution in [2.45, 2.75) is 38.8 Å². The van der Waals surface area contributed by atoms with Crippen LogP contribution in [0, 0.1) is 5.92 Å². The number of amides is 1. The number of aromatic carboxylic acids is 1. The van der Waals surface area contributed by atoms with Gasteiger partial charge in [-0.25, -0.2) is 19.3 Å². The first-order chi connectivity index (χ1) is 17.4. The molecule has 0 aromatic carbocycles. The number of rotatable bonds is 2. The lowest BCUT2D eigenvalue weighted by Crippen LogP contribution is -2.25. The fraction of sp³-hybridized carbons (Fsp3) is 0.318. The SMILES string of the molecule is CC1CCCCc2cc(ccn2)-n2nc(C(=O)O)c(-n3cnccc3=O)c2NC1=O.O=C(O)C(F)(F)F. The number of fused-ring (bicyclic) bond motifs is 4. The third kappa shape index (κ3) is 6.36. The Morgan fingerprint density at radius 3 is 2.46 bits per heavy atom. The van der Waals surface area contributed by atoms with Crippen molar-refractivity contribution in [1.82, 2.24) is 24.3 Å². The normalized spacial score (nSPS) is 15.7. The number of alkyl halides is 3. The lowest BCUT2D eigenvalue weighted by molar-refractivity contribution is -0.192. The average Bonchev–Trinajstić information content (AvgIpc) is 3.20. The molecular weight excluding hydrogens is 501 g/mol. The van der Waals surface area contributed by atoms with Gasteiger partial charge in [0, 0.05) is 30.1 Å². The number of nitrogens with zero attached hydrogens (tertiary/aromatic N) is 5. The molecule has 196 valence electrons. The van der Waals surface area contributed by atoms with Crippen molar-refractivity contribution in [2.24, 2.45) is 5.92 Å². The van der Waals surface area contributed by atoms with Crippen LogP contribution in [0.3, 0.4) is 0 Å². The molecule has 0 saturated carbocycles. The fourth-order valence-corrected chi connectivity index (χ4v) is 3.46. The van der Waals surface area contributed by atoms with E-state index < -0.39 is 23.7 Å². The Morgan fingerprint density at radius 1 is 1.14 bits per heavy atom. The van der Waals surface area contributed by atoms with Gasteiger partial charge in [0.2, 0.25) is 5.91 Å². The Balaban J connectivity index is 0.000000479. The smallest absolute Gasteiger partial charge is 0.476 e. The minimum Gasteiger partial charge on any atom is -0.476 e. The van der Waals surface area contributed by atoms with Crippen LogP contribution in [0.4, 0.5) is 19.0 Å². The van der Waals surface area contributed by atoms with Crippen molar-refractivity contribution in [1.29, 1.82) is 0 Å². The lowest BCUT2D eigenvalue weighted by Gasteiger charge is -2.17. The minimum atomic E-state index is -5.08. The number of carbonyl (C=O) groups is 3. The van der Waals surface area contributed by atoms with Gasteiger partial charge in [0.15, 0.2) is 11.5 Å². The second-order valence-corrected chi connectivity index (χ2v) is 8.00. The Kier molecular flexibility index (Phi) is 8.04. The number of carbonyl (C=O) groups excluding carboxylic acids is 1. The predicted octanol–water partition coefficient (Wildman–Crippen LogP) is 2.45. The molecule has 4 heterocycles. The van der Waals surface area contributed by atoms with E-state index in [9.17, 15) is 32.7 Å². The van der Waals surface area contributed by atoms with Gasteiger partial charge in [0.25, 0.3) is 5.56 Å². The summed E-state index contributed by atoms with van der Waals surface area (Å²) in [6.07, 6.45) is 2.20. The van der Waals surface area contributed by atoms with Crippen LogP contribution in [0.2, 0.25) is 0 Å². The molecule has 0 fully saturated rings. The Labute approximate surface area is 206 Å². The molecule has 0 spiro atoms. The highest BCUT2D eigenvalue weighted by Gasteiger charge is 2.38. The van der Waals surface area contributed by atoms with Gasteiger partial charge in [-0.2, -0.15) is 18.3 Å². The summed E-state index contributed by atoms with van der Waals surface area (Å²) in [6.45, 7) is 1.81. The highest BCUT2D eigenvalue weighted by molar-refractivity contribution is 5.98. The minimum absolute atomic E-state index is 0.0448. The Hall–Kier alpha value is -4.56. The van der Waals surface area contributed by atoms with Gasteiger partial charge in [0.05, 0.1) is 5.69 Å². The first kappa shape index (κ1) is 27.0. The van der Waals surface area contributed by atoms with Crippen molar-refractivity contribution >= 4 is 23.7 Å². The molecule has 0 saturated heterocycles. The molecular formula is C22H21F3N6O6. The van der Waals surface area contributed by atoms with Gasteiger partial charge in [-0.05, 0) is 31.4 Å². The van der Waals surface area contributed by atoms with Crippen LogP contribution in [0.5, 0.6) is 0 Å². The zero-order chi connectivity index (χ0) is 27.3. The van der Waals surface area contributed by atoms with Crippen molar-refractivity contribution in [3.05, 3.63) is 58.7 Å². The average molecular weight is 522 g/mol. The maximum atomic E-state index is 12.8. The maximum absolute atomic E-state index is 12.8. The second kappa shape index (κ2) is 11.0. The quantitative estimate of drug-likeness (QED) is 0.457. The zero-order valence-corrected chi connectivity index (χ0v) is 19.3. The molecule has 3 N–H and O–H groups in total. The summed E-state index contributed by atoms with van der Waals surface area (Å²) < 4.78 is 34.1. The number of aromatic nitrogens is 5. The van der Waals surface area contributed by atoms with E-state index >= 15 is 0 Å². The standard InChI is InChI=1S/C20H20N6O4.C2HF3O2/c1-12-4-2-3-5-13-10-14(6-9-22-13)26-18(23-19(12)28)17(16(24-26)20(29)30)25-11-21-8-7-15(25)27;3-2(4,5)1(6)7/h6-12H,2-5H2,1H3,(H,23,28)(H,29,30);(H,6,7). The van der Waals surface area contributed by atoms with Gasteiger partial charge in [-0.15, -0.1) is 0 Å². The van der Waals surface area contributed by atoms with Crippen LogP contribution in [-0.2, 0) is 16.0 Å². The highest BCUT2D eigenvalue weighted by Crippen LogP contribution is 2.29. The Morgan fingerprint density at radius 2 is 1.84 bits per heavy atom. The fourth-order valence-electron chi connectivity index (χ4n) is 3.46. The molecule has 1 aliphatic heterocycles. The third-order valence-corrected chi connectivity index (χ3v) is 5.32. The summed E-state index contributed by atoms with van der Waals surface area (Å²) in [7, 11) is 0. The van der Waals surface area contributed by atoms with E-state index in [0.29, 0.717) is 12.1 Å².